The maximum atomic E-state index is 13.0. The van der Waals surface area contributed by atoms with Crippen LogP contribution in [0.3, 0.4) is 0 Å². The van der Waals surface area contributed by atoms with Gasteiger partial charge in [-0.25, -0.2) is 0 Å². The Labute approximate surface area is 199 Å². The van der Waals surface area contributed by atoms with E-state index in [1.165, 1.54) is 12.8 Å². The van der Waals surface area contributed by atoms with Crippen LogP contribution in [-0.2, 0) is 15.0 Å². The summed E-state index contributed by atoms with van der Waals surface area (Å²) in [6.07, 6.45) is 15.0. The Morgan fingerprint density at radius 3 is 1.71 bits per heavy atom. The normalized spacial score (nSPS) is 21.5. The second-order valence-corrected chi connectivity index (χ2v) is 16.7. The van der Waals surface area contributed by atoms with E-state index >= 15 is 0 Å². The Kier molecular flexibility index (Phi) is 10.3. The predicted octanol–water partition coefficient (Wildman–Crippen LogP) is 7.05. The van der Waals surface area contributed by atoms with E-state index in [1.54, 1.807) is 12.2 Å². The summed E-state index contributed by atoms with van der Waals surface area (Å²) in [6.45, 7) is 10.3. The molecule has 0 atom stereocenters. The van der Waals surface area contributed by atoms with E-state index in [0.29, 0.717) is 6.42 Å². The van der Waals surface area contributed by atoms with Gasteiger partial charge in [0.05, 0.1) is 0 Å². The summed E-state index contributed by atoms with van der Waals surface area (Å²) in [7, 11) is 0. The van der Waals surface area contributed by atoms with E-state index in [1.807, 2.05) is 6.92 Å². The van der Waals surface area contributed by atoms with Crippen molar-refractivity contribution in [1.29, 1.82) is 0 Å². The zero-order valence-corrected chi connectivity index (χ0v) is 25.2. The van der Waals surface area contributed by atoms with Gasteiger partial charge in [-0.3, -0.25) is 0 Å². The Bertz CT molecular complexity index is 680. The summed E-state index contributed by atoms with van der Waals surface area (Å²) in [5, 5.41) is 0. The van der Waals surface area contributed by atoms with Crippen molar-refractivity contribution >= 4 is 35.2 Å². The molecule has 0 aromatic carbocycles. The topological polar surface area (TPSA) is 52.6 Å². The van der Waals surface area contributed by atoms with Crippen LogP contribution in [0.2, 0.25) is 4.48 Å². The number of carbonyl (C=O) groups is 2. The van der Waals surface area contributed by atoms with Crippen LogP contribution in [0.1, 0.15) is 105 Å². The molecule has 0 saturated heterocycles. The monoisotopic (exact) mass is 624 g/mol. The van der Waals surface area contributed by atoms with Gasteiger partial charge < -0.3 is 0 Å². The molecule has 2 saturated carbocycles. The van der Waals surface area contributed by atoms with Gasteiger partial charge in [0.1, 0.15) is 0 Å². The number of rotatable bonds is 10. The first-order chi connectivity index (χ1) is 14.6. The number of hydrogen-bond donors (Lipinski definition) is 0. The van der Waals surface area contributed by atoms with Crippen molar-refractivity contribution in [3.05, 3.63) is 23.7 Å². The summed E-state index contributed by atoms with van der Waals surface area (Å²) in [4.78, 5) is 26.0. The van der Waals surface area contributed by atoms with Crippen LogP contribution in [0, 0.1) is 16.7 Å². The Morgan fingerprint density at radius 2 is 1.29 bits per heavy atom. The third kappa shape index (κ3) is 7.71. The van der Waals surface area contributed by atoms with Crippen molar-refractivity contribution in [2.45, 2.75) is 110 Å². The van der Waals surface area contributed by atoms with Crippen LogP contribution in [0.5, 0.6) is 0 Å². The van der Waals surface area contributed by atoms with Crippen LogP contribution in [0.25, 0.3) is 0 Å². The molecular formula is C26H43O4Tl. The quantitative estimate of drug-likeness (QED) is 0.149. The first-order valence-electron chi connectivity index (χ1n) is 12.4. The molecule has 0 unspecified atom stereocenters. The van der Waals surface area contributed by atoms with Gasteiger partial charge in [-0.2, -0.15) is 0 Å². The van der Waals surface area contributed by atoms with Gasteiger partial charge in [-0.1, -0.05) is 0 Å². The van der Waals surface area contributed by atoms with Gasteiger partial charge in [0, 0.05) is 0 Å². The van der Waals surface area contributed by atoms with Crippen LogP contribution in [0.4, 0.5) is 0 Å². The van der Waals surface area contributed by atoms with Crippen LogP contribution >= 0.6 is 0 Å². The Balaban J connectivity index is 2.04. The first kappa shape index (κ1) is 26.6. The number of ketones is 2. The van der Waals surface area contributed by atoms with Crippen molar-refractivity contribution in [3.8, 4) is 0 Å². The van der Waals surface area contributed by atoms with Crippen molar-refractivity contribution < 1.29 is 15.0 Å². The second kappa shape index (κ2) is 12.0. The Hall–Kier alpha value is -0.658. The van der Waals surface area contributed by atoms with Gasteiger partial charge >= 0.3 is 200 Å². The zero-order chi connectivity index (χ0) is 23.1. The molecular weight excluding hydrogens is 581 g/mol. The maximum absolute atomic E-state index is 13.0. The molecule has 0 bridgehead atoms. The molecule has 4 nitrogen and oxygen atoms in total. The zero-order valence-electron chi connectivity index (χ0n) is 20.7. The standard InChI is InChI=1S/C13H22O2.C12H20O2.CH3.Tl/c1-10(2)11(14)9-12(15)13(3)7-5-4-6-8-13;1-3-10(13)9-11(14)12(2)7-5-4-6-8-12;;/h9-10,14H,4-8H2,1-3H3;9,13H,3-8H2,1-2H3;1H3;/q;;;+2/p-2/b11-9-;10-9-;;. The summed E-state index contributed by atoms with van der Waals surface area (Å²) < 4.78 is 14.6. The fourth-order valence-corrected chi connectivity index (χ4v) is 10.3. The molecule has 31 heavy (non-hydrogen) atoms. The van der Waals surface area contributed by atoms with E-state index in [2.05, 4.69) is 32.2 Å². The summed E-state index contributed by atoms with van der Waals surface area (Å²) in [5.74, 6) is 2.04. The third-order valence-electron chi connectivity index (χ3n) is 7.21. The molecule has 5 heteroatoms. The van der Waals surface area contributed by atoms with Crippen LogP contribution in [0.15, 0.2) is 23.7 Å². The summed E-state index contributed by atoms with van der Waals surface area (Å²) in [6, 6.07) is 0. The van der Waals surface area contributed by atoms with Gasteiger partial charge in [-0.05, 0) is 0 Å². The average Bonchev–Trinajstić information content (AvgIpc) is 2.73. The predicted molar refractivity (Wildman–Crippen MR) is 127 cm³/mol. The average molecular weight is 624 g/mol. The summed E-state index contributed by atoms with van der Waals surface area (Å²) >= 11 is -2.99. The molecule has 0 spiro atoms. The molecule has 174 valence electrons. The fourth-order valence-electron chi connectivity index (χ4n) is 4.77. The third-order valence-corrected chi connectivity index (χ3v) is 12.0. The van der Waals surface area contributed by atoms with Gasteiger partial charge in [0.15, 0.2) is 0 Å². The molecule has 0 aromatic rings. The van der Waals surface area contributed by atoms with Gasteiger partial charge in [-0.15, -0.1) is 0 Å². The molecule has 2 aliphatic rings. The van der Waals surface area contributed by atoms with Gasteiger partial charge in [0.25, 0.3) is 0 Å². The van der Waals surface area contributed by atoms with Crippen molar-refractivity contribution in [2.75, 3.05) is 0 Å². The van der Waals surface area contributed by atoms with Crippen molar-refractivity contribution in [2.24, 2.45) is 16.7 Å². The number of allylic oxidation sites excluding steroid dienone is 4. The molecule has 0 aromatic heterocycles. The molecule has 2 aliphatic carbocycles. The van der Waals surface area contributed by atoms with Crippen LogP contribution < -0.4 is 0 Å². The van der Waals surface area contributed by atoms with Crippen molar-refractivity contribution in [1.82, 2.24) is 0 Å². The van der Waals surface area contributed by atoms with Crippen LogP contribution in [-0.4, -0.2) is 35.2 Å². The van der Waals surface area contributed by atoms with E-state index < -0.39 is 23.6 Å². The van der Waals surface area contributed by atoms with Gasteiger partial charge in [0.2, 0.25) is 0 Å². The molecule has 2 rings (SSSR count). The molecule has 0 aliphatic heterocycles. The van der Waals surface area contributed by atoms with E-state index in [9.17, 15) is 9.59 Å². The number of hydrogen-bond acceptors (Lipinski definition) is 4. The Morgan fingerprint density at radius 1 is 0.839 bits per heavy atom. The second-order valence-electron chi connectivity index (χ2n) is 10.4. The molecule has 0 radical (unpaired) electrons. The first-order valence-corrected chi connectivity index (χ1v) is 20.6. The fraction of sp³-hybridized carbons (Fsp3) is 0.769. The molecule has 2 fully saturated rings. The molecule has 0 amide bonds. The summed E-state index contributed by atoms with van der Waals surface area (Å²) in [5.41, 5.74) is -0.493. The SMILES string of the molecule is CC/C(=C/C(=O)C1(C)CCCCC1)[O][Tl]([CH3])[O]/C(=C\C(=O)C1(C)CCCCC1)C(C)C. The molecule has 0 heterocycles. The minimum atomic E-state index is -2.99. The van der Waals surface area contributed by atoms with E-state index in [4.69, 9.17) is 5.37 Å². The van der Waals surface area contributed by atoms with Crippen molar-refractivity contribution in [3.63, 3.8) is 0 Å². The molecule has 0 N–H and O–H groups in total. The van der Waals surface area contributed by atoms with E-state index in [0.717, 1.165) is 62.9 Å². The number of carbonyl (C=O) groups excluding carboxylic acids is 2. The van der Waals surface area contributed by atoms with E-state index in [-0.39, 0.29) is 28.3 Å². The minimum absolute atomic E-state index is 0.138.